The van der Waals surface area contributed by atoms with Gasteiger partial charge in [-0.2, -0.15) is 0 Å². The van der Waals surface area contributed by atoms with Gasteiger partial charge >= 0.3 is 0 Å². The Bertz CT molecular complexity index is 329. The van der Waals surface area contributed by atoms with Gasteiger partial charge in [-0.25, -0.2) is 0 Å². The zero-order valence-corrected chi connectivity index (χ0v) is 9.38. The van der Waals surface area contributed by atoms with E-state index in [1.165, 1.54) is 5.57 Å². The lowest BCUT2D eigenvalue weighted by molar-refractivity contribution is 0.852. The summed E-state index contributed by atoms with van der Waals surface area (Å²) < 4.78 is 0. The first-order valence-corrected chi connectivity index (χ1v) is 5.19. The predicted molar refractivity (Wildman–Crippen MR) is 63.3 cm³/mol. The van der Waals surface area contributed by atoms with E-state index in [9.17, 15) is 0 Å². The summed E-state index contributed by atoms with van der Waals surface area (Å²) in [6.45, 7) is 4.84. The van der Waals surface area contributed by atoms with Crippen molar-refractivity contribution in [3.63, 3.8) is 0 Å². The number of benzene rings is 1. The Morgan fingerprint density at radius 1 is 1.43 bits per heavy atom. The first-order valence-electron chi connectivity index (χ1n) is 4.81. The molecule has 0 atom stereocenters. The topological polar surface area (TPSA) is 26.0 Å². The lowest BCUT2D eigenvalue weighted by Gasteiger charge is -2.13. The molecule has 0 saturated heterocycles. The van der Waals surface area contributed by atoms with Gasteiger partial charge < -0.3 is 5.73 Å². The molecule has 0 radical (unpaired) electrons. The Balaban J connectivity index is 3.12. The summed E-state index contributed by atoms with van der Waals surface area (Å²) in [6, 6.07) is 7.87. The van der Waals surface area contributed by atoms with E-state index < -0.39 is 0 Å². The fourth-order valence-electron chi connectivity index (χ4n) is 1.48. The SMILES string of the molecule is CC(C)/C(=C/CN)c1ccccc1Cl. The van der Waals surface area contributed by atoms with Crippen molar-refractivity contribution in [3.05, 3.63) is 40.9 Å². The molecule has 0 fully saturated rings. The van der Waals surface area contributed by atoms with E-state index in [0.717, 1.165) is 10.6 Å². The van der Waals surface area contributed by atoms with Gasteiger partial charge in [-0.05, 0) is 23.1 Å². The van der Waals surface area contributed by atoms with E-state index in [-0.39, 0.29) is 0 Å². The Morgan fingerprint density at radius 2 is 2.07 bits per heavy atom. The lowest BCUT2D eigenvalue weighted by atomic mass is 9.95. The van der Waals surface area contributed by atoms with Crippen LogP contribution in [0.15, 0.2) is 30.3 Å². The predicted octanol–water partition coefficient (Wildman–Crippen LogP) is 3.34. The van der Waals surface area contributed by atoms with Crippen LogP contribution in [0.5, 0.6) is 0 Å². The second kappa shape index (κ2) is 5.18. The molecule has 76 valence electrons. The molecule has 14 heavy (non-hydrogen) atoms. The molecule has 0 aliphatic rings. The molecule has 1 nitrogen and oxygen atoms in total. The fraction of sp³-hybridized carbons (Fsp3) is 0.333. The van der Waals surface area contributed by atoms with Crippen LogP contribution < -0.4 is 5.73 Å². The van der Waals surface area contributed by atoms with Crippen LogP contribution >= 0.6 is 11.6 Å². The highest BCUT2D eigenvalue weighted by molar-refractivity contribution is 6.32. The third-order valence-electron chi connectivity index (χ3n) is 2.14. The summed E-state index contributed by atoms with van der Waals surface area (Å²) >= 11 is 6.12. The number of rotatable bonds is 3. The van der Waals surface area contributed by atoms with Gasteiger partial charge in [-0.1, -0.05) is 49.7 Å². The monoisotopic (exact) mass is 209 g/mol. The highest BCUT2D eigenvalue weighted by Crippen LogP contribution is 2.28. The number of halogens is 1. The zero-order chi connectivity index (χ0) is 10.6. The van der Waals surface area contributed by atoms with Gasteiger partial charge in [0.2, 0.25) is 0 Å². The first kappa shape index (κ1) is 11.3. The van der Waals surface area contributed by atoms with Crippen molar-refractivity contribution in [2.75, 3.05) is 6.54 Å². The van der Waals surface area contributed by atoms with Gasteiger partial charge in [0.25, 0.3) is 0 Å². The largest absolute Gasteiger partial charge is 0.327 e. The van der Waals surface area contributed by atoms with Gasteiger partial charge in [0, 0.05) is 11.6 Å². The molecule has 0 saturated carbocycles. The average Bonchev–Trinajstić information content (AvgIpc) is 2.15. The zero-order valence-electron chi connectivity index (χ0n) is 8.63. The van der Waals surface area contributed by atoms with Crippen LogP contribution in [0.1, 0.15) is 19.4 Å². The van der Waals surface area contributed by atoms with Gasteiger partial charge in [0.05, 0.1) is 0 Å². The molecule has 1 rings (SSSR count). The maximum Gasteiger partial charge on any atom is 0.0481 e. The summed E-state index contributed by atoms with van der Waals surface area (Å²) in [5.41, 5.74) is 7.85. The first-order chi connectivity index (χ1) is 6.66. The molecule has 0 aromatic heterocycles. The van der Waals surface area contributed by atoms with E-state index in [1.807, 2.05) is 30.3 Å². The highest BCUT2D eigenvalue weighted by Gasteiger charge is 2.08. The summed E-state index contributed by atoms with van der Waals surface area (Å²) in [7, 11) is 0. The molecule has 0 aliphatic heterocycles. The van der Waals surface area contributed by atoms with Crippen molar-refractivity contribution in [2.24, 2.45) is 11.7 Å². The Kier molecular flexibility index (Phi) is 4.18. The van der Waals surface area contributed by atoms with E-state index in [2.05, 4.69) is 13.8 Å². The van der Waals surface area contributed by atoms with Gasteiger partial charge in [-0.3, -0.25) is 0 Å². The molecular formula is C12H16ClN. The average molecular weight is 210 g/mol. The molecule has 0 spiro atoms. The van der Waals surface area contributed by atoms with Crippen molar-refractivity contribution < 1.29 is 0 Å². The molecule has 2 N–H and O–H groups in total. The Labute approximate surface area is 90.6 Å². The minimum Gasteiger partial charge on any atom is -0.327 e. The number of hydrogen-bond acceptors (Lipinski definition) is 1. The quantitative estimate of drug-likeness (QED) is 0.812. The molecule has 0 aliphatic carbocycles. The standard InChI is InChI=1S/C12H16ClN/c1-9(2)10(7-8-14)11-5-3-4-6-12(11)13/h3-7,9H,8,14H2,1-2H3/b10-7-. The van der Waals surface area contributed by atoms with Gasteiger partial charge in [0.15, 0.2) is 0 Å². The maximum absolute atomic E-state index is 6.12. The van der Waals surface area contributed by atoms with Crippen LogP contribution in [0.4, 0.5) is 0 Å². The Morgan fingerprint density at radius 3 is 2.57 bits per heavy atom. The molecule has 1 aromatic rings. The third kappa shape index (κ3) is 2.60. The molecule has 0 unspecified atom stereocenters. The van der Waals surface area contributed by atoms with Gasteiger partial charge in [-0.15, -0.1) is 0 Å². The van der Waals surface area contributed by atoms with Crippen molar-refractivity contribution in [1.29, 1.82) is 0 Å². The number of allylic oxidation sites excluding steroid dienone is 1. The normalized spacial score (nSPS) is 12.2. The van der Waals surface area contributed by atoms with Crippen molar-refractivity contribution in [1.82, 2.24) is 0 Å². The van der Waals surface area contributed by atoms with E-state index in [0.29, 0.717) is 12.5 Å². The second-order valence-corrected chi connectivity index (χ2v) is 3.94. The van der Waals surface area contributed by atoms with Crippen LogP contribution in [0.25, 0.3) is 5.57 Å². The second-order valence-electron chi connectivity index (χ2n) is 3.53. The highest BCUT2D eigenvalue weighted by atomic mass is 35.5. The minimum atomic E-state index is 0.443. The summed E-state index contributed by atoms with van der Waals surface area (Å²) in [5.74, 6) is 0.443. The van der Waals surface area contributed by atoms with Crippen LogP contribution in [0.2, 0.25) is 5.02 Å². The molecule has 0 amide bonds. The lowest BCUT2D eigenvalue weighted by Crippen LogP contribution is -2.00. The molecular weight excluding hydrogens is 194 g/mol. The molecule has 1 aromatic carbocycles. The van der Waals surface area contributed by atoms with Crippen molar-refractivity contribution in [3.8, 4) is 0 Å². The van der Waals surface area contributed by atoms with E-state index in [4.69, 9.17) is 17.3 Å². The molecule has 0 bridgehead atoms. The summed E-state index contributed by atoms with van der Waals surface area (Å²) in [6.07, 6.45) is 2.03. The maximum atomic E-state index is 6.12. The molecule has 2 heteroatoms. The minimum absolute atomic E-state index is 0.443. The van der Waals surface area contributed by atoms with Crippen LogP contribution in [0, 0.1) is 5.92 Å². The van der Waals surface area contributed by atoms with Crippen LogP contribution in [-0.2, 0) is 0 Å². The number of nitrogens with two attached hydrogens (primary N) is 1. The van der Waals surface area contributed by atoms with E-state index in [1.54, 1.807) is 0 Å². The summed E-state index contributed by atoms with van der Waals surface area (Å²) in [5, 5.41) is 0.793. The number of hydrogen-bond donors (Lipinski definition) is 1. The fourth-order valence-corrected chi connectivity index (χ4v) is 1.72. The molecule has 0 heterocycles. The van der Waals surface area contributed by atoms with Crippen LogP contribution in [0.3, 0.4) is 0 Å². The third-order valence-corrected chi connectivity index (χ3v) is 2.47. The smallest absolute Gasteiger partial charge is 0.0481 e. The van der Waals surface area contributed by atoms with Crippen molar-refractivity contribution >= 4 is 17.2 Å². The van der Waals surface area contributed by atoms with E-state index >= 15 is 0 Å². The van der Waals surface area contributed by atoms with Crippen LogP contribution in [-0.4, -0.2) is 6.54 Å². The summed E-state index contributed by atoms with van der Waals surface area (Å²) in [4.78, 5) is 0. The Hall–Kier alpha value is -0.790. The van der Waals surface area contributed by atoms with Gasteiger partial charge in [0.1, 0.15) is 0 Å². The van der Waals surface area contributed by atoms with Crippen molar-refractivity contribution in [2.45, 2.75) is 13.8 Å².